The number of nitrogens with zero attached hydrogens (tertiary/aromatic N) is 3. The van der Waals surface area contributed by atoms with Gasteiger partial charge in [-0.15, -0.1) is 0 Å². The SMILES string of the molecule is Cn1ccnc1-c1cccc(Oc2cccc(C3(c4ccccn4)c4cc(C(C)(C)C)ccc4-c4ccc(C(C)(C)C)cc43)c2)c1. The molecular weight excluding hydrogens is 562 g/mol. The highest BCUT2D eigenvalue weighted by Crippen LogP contribution is 2.57. The summed E-state index contributed by atoms with van der Waals surface area (Å²) in [7, 11) is 2.00. The van der Waals surface area contributed by atoms with Crippen molar-refractivity contribution in [3.05, 3.63) is 155 Å². The van der Waals surface area contributed by atoms with Crippen LogP contribution in [0.15, 0.2) is 122 Å². The van der Waals surface area contributed by atoms with Crippen molar-refractivity contribution in [2.24, 2.45) is 7.05 Å². The fourth-order valence-electron chi connectivity index (χ4n) is 6.85. The quantitative estimate of drug-likeness (QED) is 0.197. The van der Waals surface area contributed by atoms with Crippen LogP contribution in [0.3, 0.4) is 0 Å². The van der Waals surface area contributed by atoms with Crippen LogP contribution in [0.25, 0.3) is 22.5 Å². The van der Waals surface area contributed by atoms with Gasteiger partial charge in [0, 0.05) is 31.2 Å². The first-order valence-electron chi connectivity index (χ1n) is 16.0. The highest BCUT2D eigenvalue weighted by Gasteiger charge is 2.48. The molecule has 4 aromatic carbocycles. The Kier molecular flexibility index (Phi) is 7.01. The van der Waals surface area contributed by atoms with Gasteiger partial charge in [0.15, 0.2) is 0 Å². The summed E-state index contributed by atoms with van der Waals surface area (Å²) in [4.78, 5) is 9.64. The lowest BCUT2D eigenvalue weighted by molar-refractivity contribution is 0.481. The summed E-state index contributed by atoms with van der Waals surface area (Å²) in [5, 5.41) is 0. The van der Waals surface area contributed by atoms with Gasteiger partial charge in [0.1, 0.15) is 17.3 Å². The number of benzene rings is 4. The molecule has 0 atom stereocenters. The minimum absolute atomic E-state index is 0.0145. The third-order valence-electron chi connectivity index (χ3n) is 9.33. The molecule has 0 aliphatic heterocycles. The fourth-order valence-corrected chi connectivity index (χ4v) is 6.85. The molecule has 230 valence electrons. The van der Waals surface area contributed by atoms with Crippen LogP contribution in [0.2, 0.25) is 0 Å². The number of rotatable bonds is 5. The molecule has 0 unspecified atom stereocenters. The van der Waals surface area contributed by atoms with E-state index in [0.717, 1.165) is 34.1 Å². The van der Waals surface area contributed by atoms with Crippen molar-refractivity contribution in [3.8, 4) is 34.0 Å². The van der Waals surface area contributed by atoms with E-state index in [1.165, 1.54) is 33.4 Å². The van der Waals surface area contributed by atoms with Crippen molar-refractivity contribution >= 4 is 0 Å². The van der Waals surface area contributed by atoms with E-state index in [9.17, 15) is 0 Å². The molecule has 0 spiro atoms. The minimum atomic E-state index is -0.636. The molecule has 7 rings (SSSR count). The second kappa shape index (κ2) is 10.8. The van der Waals surface area contributed by atoms with Crippen molar-refractivity contribution in [3.63, 3.8) is 0 Å². The van der Waals surface area contributed by atoms with Crippen LogP contribution >= 0.6 is 0 Å². The molecule has 0 radical (unpaired) electrons. The molecule has 4 nitrogen and oxygen atoms in total. The Labute approximate surface area is 272 Å². The molecule has 2 heterocycles. The summed E-state index contributed by atoms with van der Waals surface area (Å²) in [6, 6.07) is 37.1. The lowest BCUT2D eigenvalue weighted by atomic mass is 9.68. The average Bonchev–Trinajstić information content (AvgIpc) is 3.59. The van der Waals surface area contributed by atoms with Gasteiger partial charge in [-0.05, 0) is 86.2 Å². The maximum atomic E-state index is 6.61. The molecule has 4 heteroatoms. The number of aryl methyl sites for hydroxylation is 1. The number of hydrogen-bond acceptors (Lipinski definition) is 3. The molecule has 6 aromatic rings. The molecule has 0 N–H and O–H groups in total. The molecule has 0 fully saturated rings. The zero-order valence-electron chi connectivity index (χ0n) is 27.8. The zero-order valence-corrected chi connectivity index (χ0v) is 27.8. The van der Waals surface area contributed by atoms with Gasteiger partial charge >= 0.3 is 0 Å². The molecule has 0 saturated heterocycles. The summed E-state index contributed by atoms with van der Waals surface area (Å²) in [5.41, 5.74) is 10.1. The number of fused-ring (bicyclic) bond motifs is 3. The van der Waals surface area contributed by atoms with Gasteiger partial charge in [0.25, 0.3) is 0 Å². The summed E-state index contributed by atoms with van der Waals surface area (Å²) < 4.78 is 8.63. The molecule has 1 aliphatic rings. The smallest absolute Gasteiger partial charge is 0.139 e. The molecule has 2 aromatic heterocycles. The first-order valence-corrected chi connectivity index (χ1v) is 16.0. The van der Waals surface area contributed by atoms with Gasteiger partial charge in [-0.1, -0.05) is 108 Å². The Hall–Kier alpha value is -4.96. The van der Waals surface area contributed by atoms with Gasteiger partial charge in [0.05, 0.1) is 11.1 Å². The summed E-state index contributed by atoms with van der Waals surface area (Å²) in [6.07, 6.45) is 5.69. The van der Waals surface area contributed by atoms with Crippen molar-refractivity contribution in [2.45, 2.75) is 57.8 Å². The highest BCUT2D eigenvalue weighted by molar-refractivity contribution is 5.86. The second-order valence-electron chi connectivity index (χ2n) is 14.5. The van der Waals surface area contributed by atoms with Crippen molar-refractivity contribution in [2.75, 3.05) is 0 Å². The third-order valence-corrected chi connectivity index (χ3v) is 9.33. The third kappa shape index (κ3) is 4.93. The van der Waals surface area contributed by atoms with E-state index in [-0.39, 0.29) is 10.8 Å². The van der Waals surface area contributed by atoms with E-state index in [0.29, 0.717) is 0 Å². The maximum Gasteiger partial charge on any atom is 0.139 e. The maximum absolute atomic E-state index is 6.61. The van der Waals surface area contributed by atoms with Crippen LogP contribution in [0.5, 0.6) is 11.5 Å². The van der Waals surface area contributed by atoms with Gasteiger partial charge in [-0.25, -0.2) is 4.98 Å². The van der Waals surface area contributed by atoms with E-state index in [2.05, 4.69) is 125 Å². The lowest BCUT2D eigenvalue weighted by Gasteiger charge is -2.34. The van der Waals surface area contributed by atoms with Gasteiger partial charge in [0.2, 0.25) is 0 Å². The summed E-state index contributed by atoms with van der Waals surface area (Å²) >= 11 is 0. The molecule has 0 bridgehead atoms. The highest BCUT2D eigenvalue weighted by atomic mass is 16.5. The Balaban J connectivity index is 1.46. The summed E-state index contributed by atoms with van der Waals surface area (Å²) in [5.74, 6) is 2.44. The molecule has 46 heavy (non-hydrogen) atoms. The second-order valence-corrected chi connectivity index (χ2v) is 14.5. The monoisotopic (exact) mass is 603 g/mol. The van der Waals surface area contributed by atoms with Crippen LogP contribution in [0.4, 0.5) is 0 Å². The fraction of sp³-hybridized carbons (Fsp3) is 0.238. The van der Waals surface area contributed by atoms with E-state index < -0.39 is 5.41 Å². The Morgan fingerprint density at radius 1 is 0.609 bits per heavy atom. The normalized spacial score (nSPS) is 13.7. The van der Waals surface area contributed by atoms with Crippen LogP contribution in [0.1, 0.15) is 75.1 Å². The van der Waals surface area contributed by atoms with Gasteiger partial charge < -0.3 is 9.30 Å². The molecule has 1 aliphatic carbocycles. The topological polar surface area (TPSA) is 39.9 Å². The van der Waals surface area contributed by atoms with Gasteiger partial charge in [-0.2, -0.15) is 0 Å². The molecular formula is C42H41N3O. The lowest BCUT2D eigenvalue weighted by Crippen LogP contribution is -2.30. The van der Waals surface area contributed by atoms with Crippen molar-refractivity contribution in [1.29, 1.82) is 0 Å². The zero-order chi connectivity index (χ0) is 32.3. The predicted octanol–water partition coefficient (Wildman–Crippen LogP) is 10.2. The van der Waals surface area contributed by atoms with Gasteiger partial charge in [-0.3, -0.25) is 4.98 Å². The largest absolute Gasteiger partial charge is 0.457 e. The average molecular weight is 604 g/mol. The number of hydrogen-bond donors (Lipinski definition) is 0. The van der Waals surface area contributed by atoms with Crippen LogP contribution in [-0.2, 0) is 23.3 Å². The van der Waals surface area contributed by atoms with Crippen molar-refractivity contribution in [1.82, 2.24) is 14.5 Å². The van der Waals surface area contributed by atoms with Crippen LogP contribution < -0.4 is 4.74 Å². The van der Waals surface area contributed by atoms with Crippen molar-refractivity contribution < 1.29 is 4.74 Å². The number of aromatic nitrogens is 3. The first-order chi connectivity index (χ1) is 22.0. The van der Waals surface area contributed by atoms with E-state index >= 15 is 0 Å². The number of pyridine rings is 1. The van der Waals surface area contributed by atoms with Crippen LogP contribution in [-0.4, -0.2) is 14.5 Å². The summed E-state index contributed by atoms with van der Waals surface area (Å²) in [6.45, 7) is 13.7. The predicted molar refractivity (Wildman–Crippen MR) is 188 cm³/mol. The standard InChI is InChI=1S/C42H41N3O/c1-40(2,3)29-17-19-34-35-20-18-30(41(4,5)6)27-37(35)42(36(34)26-29,38-16-8-9-21-43-38)31-13-11-15-33(25-31)46-32-14-10-12-28(24-32)39-44-22-23-45(39)7/h8-27H,1-7H3. The number of ether oxygens (including phenoxy) is 1. The van der Waals surface area contributed by atoms with E-state index in [1.54, 1.807) is 0 Å². The Morgan fingerprint density at radius 3 is 1.80 bits per heavy atom. The first kappa shape index (κ1) is 29.7. The van der Waals surface area contributed by atoms with E-state index in [4.69, 9.17) is 9.72 Å². The Morgan fingerprint density at radius 2 is 1.24 bits per heavy atom. The van der Waals surface area contributed by atoms with E-state index in [1.807, 2.05) is 54.5 Å². The molecule has 0 amide bonds. The Bertz CT molecular complexity index is 1990. The number of imidazole rings is 1. The molecule has 0 saturated carbocycles. The minimum Gasteiger partial charge on any atom is -0.457 e. The van der Waals surface area contributed by atoms with Crippen LogP contribution in [0, 0.1) is 0 Å².